The third-order valence-corrected chi connectivity index (χ3v) is 1.41. The first-order valence-corrected chi connectivity index (χ1v) is 3.82. The van der Waals surface area contributed by atoms with Crippen LogP contribution in [0, 0.1) is 0 Å². The van der Waals surface area contributed by atoms with E-state index in [1.807, 2.05) is 28.0 Å². The Labute approximate surface area is 83.4 Å². The van der Waals surface area contributed by atoms with Gasteiger partial charge < -0.3 is 17.0 Å². The average molecular weight is 232 g/mol. The van der Waals surface area contributed by atoms with Gasteiger partial charge in [0.25, 0.3) is 6.33 Å². The smallest absolute Gasteiger partial charge is 0.271 e. The zero-order valence-electron chi connectivity index (χ0n) is 7.20. The van der Waals surface area contributed by atoms with Gasteiger partial charge in [0.2, 0.25) is 0 Å². The molecule has 12 heavy (non-hydrogen) atoms. The molecule has 68 valence electrons. The molecule has 0 spiro atoms. The quantitative estimate of drug-likeness (QED) is 0.586. The van der Waals surface area contributed by atoms with Crippen LogP contribution in [0.15, 0.2) is 25.3 Å². The summed E-state index contributed by atoms with van der Waals surface area (Å²) in [6, 6.07) is 0. The standard InChI is InChI=1S/C8H14N3.BrH/c1-3-5-9-11-7-6-10(4-2)8-11;/h4,6-9H,2-3,5H2,1H3;1H/q+1;/p-1. The van der Waals surface area contributed by atoms with E-state index in [-0.39, 0.29) is 17.0 Å². The van der Waals surface area contributed by atoms with Crippen molar-refractivity contribution in [1.29, 1.82) is 0 Å². The SMILES string of the molecule is C=C[n+]1ccn(NCCC)c1.[Br-]. The number of imidazole rings is 1. The second kappa shape index (κ2) is 5.83. The Kier molecular flexibility index (Phi) is 5.45. The summed E-state index contributed by atoms with van der Waals surface area (Å²) in [5, 5.41) is 0. The molecule has 3 nitrogen and oxygen atoms in total. The van der Waals surface area contributed by atoms with Gasteiger partial charge in [0.05, 0.1) is 12.7 Å². The van der Waals surface area contributed by atoms with Crippen molar-refractivity contribution in [2.45, 2.75) is 13.3 Å². The molecule has 0 amide bonds. The molecule has 0 atom stereocenters. The van der Waals surface area contributed by atoms with E-state index in [9.17, 15) is 0 Å². The highest BCUT2D eigenvalue weighted by Gasteiger charge is 1.96. The van der Waals surface area contributed by atoms with Gasteiger partial charge >= 0.3 is 0 Å². The molecule has 0 aliphatic rings. The van der Waals surface area contributed by atoms with Crippen LogP contribution in [-0.2, 0) is 0 Å². The molecule has 0 saturated carbocycles. The molecule has 0 aromatic carbocycles. The summed E-state index contributed by atoms with van der Waals surface area (Å²) in [7, 11) is 0. The van der Waals surface area contributed by atoms with Gasteiger partial charge in [0.15, 0.2) is 6.20 Å². The second-order valence-electron chi connectivity index (χ2n) is 2.36. The van der Waals surface area contributed by atoms with E-state index < -0.39 is 0 Å². The van der Waals surface area contributed by atoms with E-state index in [1.165, 1.54) is 0 Å². The van der Waals surface area contributed by atoms with Crippen molar-refractivity contribution in [1.82, 2.24) is 4.68 Å². The molecule has 0 bridgehead atoms. The van der Waals surface area contributed by atoms with Crippen LogP contribution in [0.4, 0.5) is 0 Å². The Bertz CT molecular complexity index is 232. The van der Waals surface area contributed by atoms with E-state index in [1.54, 1.807) is 6.20 Å². The van der Waals surface area contributed by atoms with Crippen molar-refractivity contribution in [3.8, 4) is 0 Å². The molecule has 0 fully saturated rings. The van der Waals surface area contributed by atoms with Crippen LogP contribution in [0.25, 0.3) is 6.20 Å². The van der Waals surface area contributed by atoms with E-state index in [2.05, 4.69) is 18.9 Å². The van der Waals surface area contributed by atoms with Crippen LogP contribution < -0.4 is 27.0 Å². The minimum atomic E-state index is 0. The Morgan fingerprint density at radius 3 is 2.92 bits per heavy atom. The van der Waals surface area contributed by atoms with Crippen LogP contribution in [0.1, 0.15) is 13.3 Å². The Morgan fingerprint density at radius 1 is 1.67 bits per heavy atom. The summed E-state index contributed by atoms with van der Waals surface area (Å²) in [5.41, 5.74) is 3.20. The zero-order chi connectivity index (χ0) is 8.10. The second-order valence-corrected chi connectivity index (χ2v) is 2.36. The zero-order valence-corrected chi connectivity index (χ0v) is 8.79. The third kappa shape index (κ3) is 3.09. The lowest BCUT2D eigenvalue weighted by Gasteiger charge is -1.95. The third-order valence-electron chi connectivity index (χ3n) is 1.41. The highest BCUT2D eigenvalue weighted by Crippen LogP contribution is 1.80. The molecular formula is C8H14BrN3. The molecular weight excluding hydrogens is 218 g/mol. The van der Waals surface area contributed by atoms with Crippen LogP contribution in [0.2, 0.25) is 0 Å². The fourth-order valence-electron chi connectivity index (χ4n) is 0.812. The topological polar surface area (TPSA) is 20.8 Å². The highest BCUT2D eigenvalue weighted by atomic mass is 79.9. The van der Waals surface area contributed by atoms with E-state index in [4.69, 9.17) is 0 Å². The van der Waals surface area contributed by atoms with E-state index in [0.717, 1.165) is 13.0 Å². The molecule has 0 radical (unpaired) electrons. The Balaban J connectivity index is 0.00000121. The maximum absolute atomic E-state index is 3.65. The first-order valence-electron chi connectivity index (χ1n) is 3.82. The summed E-state index contributed by atoms with van der Waals surface area (Å²) in [4.78, 5) is 0. The lowest BCUT2D eigenvalue weighted by Crippen LogP contribution is -3.00. The van der Waals surface area contributed by atoms with Crippen molar-refractivity contribution in [2.24, 2.45) is 0 Å². The van der Waals surface area contributed by atoms with Crippen LogP contribution in [-0.4, -0.2) is 11.2 Å². The fourth-order valence-corrected chi connectivity index (χ4v) is 0.812. The van der Waals surface area contributed by atoms with Gasteiger partial charge in [-0.1, -0.05) is 13.5 Å². The summed E-state index contributed by atoms with van der Waals surface area (Å²) < 4.78 is 3.81. The number of aromatic nitrogens is 2. The largest absolute Gasteiger partial charge is 1.00 e. The minimum Gasteiger partial charge on any atom is -1.00 e. The van der Waals surface area contributed by atoms with Crippen molar-refractivity contribution in [2.75, 3.05) is 12.0 Å². The lowest BCUT2D eigenvalue weighted by atomic mass is 10.5. The molecule has 0 saturated heterocycles. The molecule has 1 heterocycles. The van der Waals surface area contributed by atoms with Crippen LogP contribution in [0.5, 0.6) is 0 Å². The van der Waals surface area contributed by atoms with Gasteiger partial charge in [-0.2, -0.15) is 0 Å². The normalized spacial score (nSPS) is 8.75. The van der Waals surface area contributed by atoms with Gasteiger partial charge in [0.1, 0.15) is 6.20 Å². The number of hydrogen-bond acceptors (Lipinski definition) is 1. The fraction of sp³-hybridized carbons (Fsp3) is 0.375. The molecule has 1 aromatic heterocycles. The highest BCUT2D eigenvalue weighted by molar-refractivity contribution is 4.95. The van der Waals surface area contributed by atoms with Crippen molar-refractivity contribution < 1.29 is 21.5 Å². The van der Waals surface area contributed by atoms with Crippen LogP contribution >= 0.6 is 0 Å². The first-order chi connectivity index (χ1) is 5.36. The molecule has 1 rings (SSSR count). The Morgan fingerprint density at radius 2 is 2.42 bits per heavy atom. The number of rotatable bonds is 4. The molecule has 4 heteroatoms. The van der Waals surface area contributed by atoms with Gasteiger partial charge in [-0.05, 0) is 6.42 Å². The number of hydrogen-bond donors (Lipinski definition) is 1. The molecule has 0 aliphatic carbocycles. The van der Waals surface area contributed by atoms with Gasteiger partial charge in [-0.25, -0.2) is 4.57 Å². The summed E-state index contributed by atoms with van der Waals surface area (Å²) in [6.45, 7) is 6.78. The summed E-state index contributed by atoms with van der Waals surface area (Å²) >= 11 is 0. The number of nitrogens with zero attached hydrogens (tertiary/aromatic N) is 2. The number of nitrogens with one attached hydrogen (secondary N) is 1. The monoisotopic (exact) mass is 231 g/mol. The van der Waals surface area contributed by atoms with Gasteiger partial charge in [-0.3, -0.25) is 5.43 Å². The van der Waals surface area contributed by atoms with E-state index >= 15 is 0 Å². The summed E-state index contributed by atoms with van der Waals surface area (Å²) in [6.07, 6.45) is 8.71. The Hall–Kier alpha value is -0.770. The molecule has 0 unspecified atom stereocenters. The maximum atomic E-state index is 3.65. The van der Waals surface area contributed by atoms with Crippen molar-refractivity contribution >= 4 is 6.20 Å². The van der Waals surface area contributed by atoms with E-state index in [0.29, 0.717) is 0 Å². The molecule has 1 aromatic rings. The van der Waals surface area contributed by atoms with Crippen molar-refractivity contribution in [3.05, 3.63) is 25.3 Å². The maximum Gasteiger partial charge on any atom is 0.271 e. The van der Waals surface area contributed by atoms with Gasteiger partial charge in [0, 0.05) is 0 Å². The average Bonchev–Trinajstić information content (AvgIpc) is 2.48. The number of halogens is 1. The minimum absolute atomic E-state index is 0. The van der Waals surface area contributed by atoms with Crippen LogP contribution in [0.3, 0.4) is 0 Å². The molecule has 1 N–H and O–H groups in total. The predicted octanol–water partition coefficient (Wildman–Crippen LogP) is -2.17. The predicted molar refractivity (Wildman–Crippen MR) is 45.5 cm³/mol. The first kappa shape index (κ1) is 11.2. The van der Waals surface area contributed by atoms with Crippen molar-refractivity contribution in [3.63, 3.8) is 0 Å². The summed E-state index contributed by atoms with van der Waals surface area (Å²) in [5.74, 6) is 0. The van der Waals surface area contributed by atoms with Gasteiger partial charge in [-0.15, -0.1) is 4.68 Å². The molecule has 0 aliphatic heterocycles. The lowest BCUT2D eigenvalue weighted by molar-refractivity contribution is -0.567.